The van der Waals surface area contributed by atoms with Crippen molar-refractivity contribution in [3.8, 4) is 5.75 Å². The van der Waals surface area contributed by atoms with E-state index in [1.807, 2.05) is 24.3 Å². The highest BCUT2D eigenvalue weighted by Crippen LogP contribution is 2.34. The molecule has 3 aromatic heterocycles. The first-order valence-electron chi connectivity index (χ1n) is 11.1. The molecule has 9 heteroatoms. The van der Waals surface area contributed by atoms with Gasteiger partial charge in [-0.2, -0.15) is 10.2 Å². The van der Waals surface area contributed by atoms with Gasteiger partial charge in [0.15, 0.2) is 0 Å². The molecule has 3 heterocycles. The molecule has 0 aliphatic heterocycles. The van der Waals surface area contributed by atoms with Gasteiger partial charge in [0.2, 0.25) is 0 Å². The van der Waals surface area contributed by atoms with E-state index in [1.165, 1.54) is 0 Å². The highest BCUT2D eigenvalue weighted by molar-refractivity contribution is 6.00. The van der Waals surface area contributed by atoms with E-state index in [2.05, 4.69) is 20.6 Å². The number of ether oxygens (including phenoxy) is 1. The van der Waals surface area contributed by atoms with Crippen molar-refractivity contribution in [3.05, 3.63) is 70.4 Å². The van der Waals surface area contributed by atoms with E-state index in [4.69, 9.17) is 9.84 Å². The number of aromatic nitrogens is 4. The summed E-state index contributed by atoms with van der Waals surface area (Å²) in [5.41, 5.74) is 1.97. The first kappa shape index (κ1) is 21.1. The molecule has 0 unspecified atom stereocenters. The monoisotopic (exact) mass is 447 g/mol. The Morgan fingerprint density at radius 3 is 2.73 bits per heavy atom. The summed E-state index contributed by atoms with van der Waals surface area (Å²) in [6, 6.07) is 11.2. The number of hydrogen-bond donors (Lipinski definition) is 3. The van der Waals surface area contributed by atoms with E-state index >= 15 is 0 Å². The molecule has 0 atom stereocenters. The first-order chi connectivity index (χ1) is 16.1. The van der Waals surface area contributed by atoms with Crippen LogP contribution in [0.2, 0.25) is 0 Å². The molecule has 4 aromatic rings. The highest BCUT2D eigenvalue weighted by atomic mass is 16.5. The van der Waals surface area contributed by atoms with Crippen LogP contribution >= 0.6 is 0 Å². The Morgan fingerprint density at radius 1 is 1.15 bits per heavy atom. The summed E-state index contributed by atoms with van der Waals surface area (Å²) in [6.07, 6.45) is 6.69. The van der Waals surface area contributed by atoms with Crippen LogP contribution in [0.5, 0.6) is 5.75 Å². The minimum absolute atomic E-state index is 0.0679. The van der Waals surface area contributed by atoms with Crippen molar-refractivity contribution in [2.45, 2.75) is 37.6 Å². The van der Waals surface area contributed by atoms with Gasteiger partial charge in [-0.3, -0.25) is 9.59 Å². The number of carbonyl (C=O) groups is 1. The fourth-order valence-electron chi connectivity index (χ4n) is 4.61. The maximum atomic E-state index is 12.9. The average Bonchev–Trinajstić information content (AvgIpc) is 3.27. The van der Waals surface area contributed by atoms with Gasteiger partial charge in [0.25, 0.3) is 11.5 Å². The molecule has 0 radical (unpaired) electrons. The zero-order chi connectivity index (χ0) is 22.8. The molecular weight excluding hydrogens is 422 g/mol. The third-order valence-corrected chi connectivity index (χ3v) is 6.27. The van der Waals surface area contributed by atoms with Crippen LogP contribution < -0.4 is 15.6 Å². The second-order valence-corrected chi connectivity index (χ2v) is 8.33. The largest absolute Gasteiger partial charge is 0.490 e. The van der Waals surface area contributed by atoms with Gasteiger partial charge in [-0.1, -0.05) is 18.2 Å². The van der Waals surface area contributed by atoms with E-state index < -0.39 is 0 Å². The summed E-state index contributed by atoms with van der Waals surface area (Å²) in [5, 5.41) is 24.9. The summed E-state index contributed by atoms with van der Waals surface area (Å²) in [4.78, 5) is 25.0. The van der Waals surface area contributed by atoms with Gasteiger partial charge >= 0.3 is 0 Å². The summed E-state index contributed by atoms with van der Waals surface area (Å²) >= 11 is 0. The van der Waals surface area contributed by atoms with Crippen LogP contribution in [0.1, 0.15) is 47.7 Å². The summed E-state index contributed by atoms with van der Waals surface area (Å²) in [7, 11) is 0. The van der Waals surface area contributed by atoms with Crippen LogP contribution in [0.15, 0.2) is 53.6 Å². The molecule has 1 aromatic carbocycles. The Morgan fingerprint density at radius 2 is 1.94 bits per heavy atom. The maximum absolute atomic E-state index is 12.9. The van der Waals surface area contributed by atoms with Crippen LogP contribution in [-0.4, -0.2) is 50.1 Å². The fourth-order valence-corrected chi connectivity index (χ4v) is 4.61. The zero-order valence-corrected chi connectivity index (χ0v) is 18.0. The number of aliphatic hydroxyl groups excluding tert-OH is 1. The van der Waals surface area contributed by atoms with Gasteiger partial charge in [-0.05, 0) is 43.9 Å². The van der Waals surface area contributed by atoms with Gasteiger partial charge in [0.05, 0.1) is 41.2 Å². The molecule has 1 amide bonds. The number of aliphatic hydroxyl groups is 1. The molecule has 5 rings (SSSR count). The van der Waals surface area contributed by atoms with Crippen molar-refractivity contribution in [2.75, 3.05) is 13.2 Å². The van der Waals surface area contributed by atoms with Gasteiger partial charge in [0.1, 0.15) is 12.4 Å². The number of nitrogens with zero attached hydrogens (tertiary/aromatic N) is 3. The van der Waals surface area contributed by atoms with Crippen molar-refractivity contribution in [3.63, 3.8) is 0 Å². The van der Waals surface area contributed by atoms with E-state index in [1.54, 1.807) is 29.0 Å². The van der Waals surface area contributed by atoms with E-state index in [0.29, 0.717) is 22.2 Å². The van der Waals surface area contributed by atoms with E-state index in [9.17, 15) is 9.59 Å². The molecule has 3 N–H and O–H groups in total. The van der Waals surface area contributed by atoms with Gasteiger partial charge < -0.3 is 15.2 Å². The topological polar surface area (TPSA) is 122 Å². The summed E-state index contributed by atoms with van der Waals surface area (Å²) in [6.45, 7) is 0.134. The normalized spacial score (nSPS) is 18.5. The molecule has 1 aliphatic rings. The minimum Gasteiger partial charge on any atom is -0.490 e. The smallest absolute Gasteiger partial charge is 0.272 e. The van der Waals surface area contributed by atoms with E-state index in [-0.39, 0.29) is 36.6 Å². The van der Waals surface area contributed by atoms with E-state index in [0.717, 1.165) is 36.8 Å². The molecule has 1 saturated carbocycles. The lowest BCUT2D eigenvalue weighted by molar-refractivity contribution is 0.0927. The van der Waals surface area contributed by atoms with Crippen LogP contribution in [0, 0.1) is 0 Å². The lowest BCUT2D eigenvalue weighted by Crippen LogP contribution is -2.37. The number of benzene rings is 1. The lowest BCUT2D eigenvalue weighted by atomic mass is 9.82. The summed E-state index contributed by atoms with van der Waals surface area (Å²) in [5.74, 6) is 0.674. The molecule has 0 bridgehead atoms. The third-order valence-electron chi connectivity index (χ3n) is 6.27. The quantitative estimate of drug-likeness (QED) is 0.417. The number of H-pyrrole nitrogens is 1. The second-order valence-electron chi connectivity index (χ2n) is 8.33. The average molecular weight is 447 g/mol. The Kier molecular flexibility index (Phi) is 5.78. The number of rotatable bonds is 6. The number of pyridine rings is 1. The number of amides is 1. The number of nitrogens with one attached hydrogen (secondary N) is 2. The predicted octanol–water partition coefficient (Wildman–Crippen LogP) is 2.40. The molecular formula is C24H25N5O4. The van der Waals surface area contributed by atoms with Crippen molar-refractivity contribution < 1.29 is 14.6 Å². The molecule has 170 valence electrons. The number of hydrogen-bond acceptors (Lipinski definition) is 6. The van der Waals surface area contributed by atoms with Gasteiger partial charge in [0, 0.05) is 17.3 Å². The summed E-state index contributed by atoms with van der Waals surface area (Å²) < 4.78 is 7.00. The van der Waals surface area contributed by atoms with Gasteiger partial charge in [-0.25, -0.2) is 9.61 Å². The van der Waals surface area contributed by atoms with Gasteiger partial charge in [-0.15, -0.1) is 0 Å². The molecule has 9 nitrogen and oxygen atoms in total. The molecule has 0 saturated heterocycles. The maximum Gasteiger partial charge on any atom is 0.272 e. The van der Waals surface area contributed by atoms with Crippen molar-refractivity contribution in [1.82, 2.24) is 25.1 Å². The van der Waals surface area contributed by atoms with Crippen molar-refractivity contribution in [2.24, 2.45) is 0 Å². The second kappa shape index (κ2) is 9.03. The fraction of sp³-hybridized carbons (Fsp3) is 0.333. The van der Waals surface area contributed by atoms with Crippen LogP contribution in [0.3, 0.4) is 0 Å². The zero-order valence-electron chi connectivity index (χ0n) is 18.0. The Hall–Kier alpha value is -3.72. The number of fused-ring (bicyclic) bond motifs is 2. The number of carbonyl (C=O) groups excluding carboxylic acids is 1. The highest BCUT2D eigenvalue weighted by Gasteiger charge is 2.27. The van der Waals surface area contributed by atoms with Crippen LogP contribution in [-0.2, 0) is 0 Å². The van der Waals surface area contributed by atoms with Crippen molar-refractivity contribution >= 4 is 22.2 Å². The third kappa shape index (κ3) is 4.19. The van der Waals surface area contributed by atoms with Crippen LogP contribution in [0.4, 0.5) is 0 Å². The lowest BCUT2D eigenvalue weighted by Gasteiger charge is -2.29. The molecule has 1 fully saturated rings. The standard InChI is InChI=1S/C24H25N5O4/c30-11-12-33-17-9-10-21-20(13-25-29(21)14-17)23(31)26-16-7-5-15(6-8-16)22-18-3-1-2-4-19(18)24(32)28-27-22/h1-4,9-10,13-16,30H,5-8,11-12H2,(H,26,31)(H,28,32). The molecule has 33 heavy (non-hydrogen) atoms. The van der Waals surface area contributed by atoms with Crippen LogP contribution in [0.25, 0.3) is 16.3 Å². The Balaban J connectivity index is 1.25. The van der Waals surface area contributed by atoms with Crippen molar-refractivity contribution in [1.29, 1.82) is 0 Å². The molecule has 0 spiro atoms. The number of aromatic amines is 1. The SMILES string of the molecule is O=C(NC1CCC(c2n[nH]c(=O)c3ccccc23)CC1)c1cnn2cc(OCCO)ccc12. The molecule has 1 aliphatic carbocycles. The first-order valence-corrected chi connectivity index (χ1v) is 11.1. The predicted molar refractivity (Wildman–Crippen MR) is 123 cm³/mol. The minimum atomic E-state index is -0.171. The Labute approximate surface area is 189 Å². The Bertz CT molecular complexity index is 1350.